The second-order valence-corrected chi connectivity index (χ2v) is 5.11. The third-order valence-corrected chi connectivity index (χ3v) is 3.46. The van der Waals surface area contributed by atoms with Crippen LogP contribution in [0.1, 0.15) is 28.8 Å². The molecule has 1 aliphatic heterocycles. The number of hydrogen-bond acceptors (Lipinski definition) is 3. The Balaban J connectivity index is 2.06. The van der Waals surface area contributed by atoms with Crippen LogP contribution < -0.4 is 11.1 Å². The van der Waals surface area contributed by atoms with Crippen molar-refractivity contribution < 1.29 is 14.7 Å². The summed E-state index contributed by atoms with van der Waals surface area (Å²) in [4.78, 5) is 24.7. The SMILES string of the molecule is Cc1cc(C(=O)O)ccc1NC(=O)N1CCCC(N)C1. The highest BCUT2D eigenvalue weighted by molar-refractivity contribution is 5.92. The van der Waals surface area contributed by atoms with Crippen LogP contribution in [0.15, 0.2) is 18.2 Å². The molecule has 2 amide bonds. The Morgan fingerprint density at radius 3 is 2.80 bits per heavy atom. The van der Waals surface area contributed by atoms with Gasteiger partial charge in [-0.25, -0.2) is 9.59 Å². The maximum Gasteiger partial charge on any atom is 0.335 e. The molecule has 1 atom stereocenters. The molecule has 1 saturated heterocycles. The number of anilines is 1. The number of carbonyl (C=O) groups excluding carboxylic acids is 1. The van der Waals surface area contributed by atoms with Gasteiger partial charge in [0.1, 0.15) is 0 Å². The summed E-state index contributed by atoms with van der Waals surface area (Å²) in [5, 5.41) is 11.7. The fraction of sp³-hybridized carbons (Fsp3) is 0.429. The van der Waals surface area contributed by atoms with Gasteiger partial charge in [0.25, 0.3) is 0 Å². The minimum atomic E-state index is -0.979. The number of nitrogens with zero attached hydrogens (tertiary/aromatic N) is 1. The Bertz CT molecular complexity index is 530. The van der Waals surface area contributed by atoms with Crippen LogP contribution in [0.4, 0.5) is 10.5 Å². The molecule has 1 aromatic rings. The van der Waals surface area contributed by atoms with Gasteiger partial charge in [0, 0.05) is 24.8 Å². The Morgan fingerprint density at radius 2 is 2.20 bits per heavy atom. The largest absolute Gasteiger partial charge is 0.478 e. The van der Waals surface area contributed by atoms with Gasteiger partial charge in [-0.15, -0.1) is 0 Å². The first-order valence-electron chi connectivity index (χ1n) is 6.63. The fourth-order valence-electron chi connectivity index (χ4n) is 2.33. The van der Waals surface area contributed by atoms with E-state index in [1.54, 1.807) is 24.0 Å². The summed E-state index contributed by atoms with van der Waals surface area (Å²) in [5.74, 6) is -0.979. The first kappa shape index (κ1) is 14.3. The Kier molecular flexibility index (Phi) is 4.24. The molecule has 2 rings (SSSR count). The number of aryl methyl sites for hydroxylation is 1. The standard InChI is InChI=1S/C14H19N3O3/c1-9-7-10(13(18)19)4-5-12(9)16-14(20)17-6-2-3-11(15)8-17/h4-5,7,11H,2-3,6,8,15H2,1H3,(H,16,20)(H,18,19). The molecule has 4 N–H and O–H groups in total. The van der Waals surface area contributed by atoms with Crippen molar-refractivity contribution >= 4 is 17.7 Å². The lowest BCUT2D eigenvalue weighted by Gasteiger charge is -2.31. The normalized spacial score (nSPS) is 18.7. The van der Waals surface area contributed by atoms with Gasteiger partial charge in [-0.3, -0.25) is 0 Å². The first-order valence-corrected chi connectivity index (χ1v) is 6.63. The molecular weight excluding hydrogens is 258 g/mol. The summed E-state index contributed by atoms with van der Waals surface area (Å²) >= 11 is 0. The molecule has 1 aliphatic rings. The summed E-state index contributed by atoms with van der Waals surface area (Å²) in [6, 6.07) is 4.48. The van der Waals surface area contributed by atoms with E-state index in [0.29, 0.717) is 18.8 Å². The molecule has 0 aromatic heterocycles. The zero-order valence-corrected chi connectivity index (χ0v) is 11.4. The van der Waals surface area contributed by atoms with Gasteiger partial charge in [-0.2, -0.15) is 0 Å². The molecule has 0 saturated carbocycles. The summed E-state index contributed by atoms with van der Waals surface area (Å²) < 4.78 is 0. The topological polar surface area (TPSA) is 95.7 Å². The quantitative estimate of drug-likeness (QED) is 0.765. The number of piperidine rings is 1. The Morgan fingerprint density at radius 1 is 1.45 bits per heavy atom. The van der Waals surface area contributed by atoms with Crippen LogP contribution in [0.5, 0.6) is 0 Å². The van der Waals surface area contributed by atoms with Crippen LogP contribution in [0, 0.1) is 6.92 Å². The average molecular weight is 277 g/mol. The van der Waals surface area contributed by atoms with Crippen LogP contribution in [-0.4, -0.2) is 41.1 Å². The van der Waals surface area contributed by atoms with Gasteiger partial charge in [0.05, 0.1) is 5.56 Å². The number of benzene rings is 1. The van der Waals surface area contributed by atoms with E-state index < -0.39 is 5.97 Å². The molecule has 6 nitrogen and oxygen atoms in total. The van der Waals surface area contributed by atoms with E-state index in [1.807, 2.05) is 0 Å². The number of likely N-dealkylation sites (tertiary alicyclic amines) is 1. The number of rotatable bonds is 2. The third kappa shape index (κ3) is 3.27. The molecule has 0 bridgehead atoms. The molecule has 20 heavy (non-hydrogen) atoms. The number of nitrogens with two attached hydrogens (primary N) is 1. The minimum Gasteiger partial charge on any atom is -0.478 e. The van der Waals surface area contributed by atoms with Gasteiger partial charge in [-0.1, -0.05) is 0 Å². The lowest BCUT2D eigenvalue weighted by atomic mass is 10.1. The summed E-state index contributed by atoms with van der Waals surface area (Å²) in [7, 11) is 0. The van der Waals surface area contributed by atoms with Crippen LogP contribution >= 0.6 is 0 Å². The predicted octanol–water partition coefficient (Wildman–Crippen LogP) is 1.65. The maximum absolute atomic E-state index is 12.1. The first-order chi connectivity index (χ1) is 9.47. The van der Waals surface area contributed by atoms with Crippen LogP contribution in [0.3, 0.4) is 0 Å². The predicted molar refractivity (Wildman–Crippen MR) is 75.9 cm³/mol. The highest BCUT2D eigenvalue weighted by Gasteiger charge is 2.21. The highest BCUT2D eigenvalue weighted by Crippen LogP contribution is 2.18. The van der Waals surface area contributed by atoms with Crippen molar-refractivity contribution in [1.82, 2.24) is 4.90 Å². The molecule has 108 valence electrons. The molecule has 0 aliphatic carbocycles. The number of carbonyl (C=O) groups is 2. The fourth-order valence-corrected chi connectivity index (χ4v) is 2.33. The summed E-state index contributed by atoms with van der Waals surface area (Å²) in [5.41, 5.74) is 7.41. The van der Waals surface area contributed by atoms with E-state index in [4.69, 9.17) is 10.8 Å². The number of nitrogens with one attached hydrogen (secondary N) is 1. The van der Waals surface area contributed by atoms with Crippen molar-refractivity contribution in [2.45, 2.75) is 25.8 Å². The van der Waals surface area contributed by atoms with Crippen molar-refractivity contribution in [3.63, 3.8) is 0 Å². The number of carboxylic acid groups (broad SMARTS) is 1. The van der Waals surface area contributed by atoms with Crippen molar-refractivity contribution in [3.8, 4) is 0 Å². The average Bonchev–Trinajstić information content (AvgIpc) is 2.40. The second kappa shape index (κ2) is 5.92. The minimum absolute atomic E-state index is 0.0324. The highest BCUT2D eigenvalue weighted by atomic mass is 16.4. The number of carboxylic acids is 1. The van der Waals surface area contributed by atoms with E-state index in [1.165, 1.54) is 6.07 Å². The third-order valence-electron chi connectivity index (χ3n) is 3.46. The second-order valence-electron chi connectivity index (χ2n) is 5.11. The van der Waals surface area contributed by atoms with Crippen molar-refractivity contribution in [3.05, 3.63) is 29.3 Å². The molecule has 1 heterocycles. The lowest BCUT2D eigenvalue weighted by molar-refractivity contribution is 0.0697. The van der Waals surface area contributed by atoms with Crippen molar-refractivity contribution in [1.29, 1.82) is 0 Å². The van der Waals surface area contributed by atoms with Crippen molar-refractivity contribution in [2.75, 3.05) is 18.4 Å². The summed E-state index contributed by atoms with van der Waals surface area (Å²) in [6.07, 6.45) is 1.85. The van der Waals surface area contributed by atoms with E-state index in [-0.39, 0.29) is 17.6 Å². The van der Waals surface area contributed by atoms with E-state index >= 15 is 0 Å². The van der Waals surface area contributed by atoms with Gasteiger partial charge in [0.15, 0.2) is 0 Å². The Labute approximate surface area is 117 Å². The molecule has 1 unspecified atom stereocenters. The van der Waals surface area contributed by atoms with Crippen molar-refractivity contribution in [2.24, 2.45) is 5.73 Å². The van der Waals surface area contributed by atoms with E-state index in [0.717, 1.165) is 18.4 Å². The Hall–Kier alpha value is -2.08. The van der Waals surface area contributed by atoms with Crippen LogP contribution in [-0.2, 0) is 0 Å². The number of aromatic carboxylic acids is 1. The molecule has 0 spiro atoms. The molecule has 0 radical (unpaired) electrons. The van der Waals surface area contributed by atoms with E-state index in [9.17, 15) is 9.59 Å². The van der Waals surface area contributed by atoms with Crippen LogP contribution in [0.2, 0.25) is 0 Å². The van der Waals surface area contributed by atoms with Gasteiger partial charge in [-0.05, 0) is 43.5 Å². The maximum atomic E-state index is 12.1. The van der Waals surface area contributed by atoms with Gasteiger partial charge >= 0.3 is 12.0 Å². The number of urea groups is 1. The molecule has 1 fully saturated rings. The number of amides is 2. The van der Waals surface area contributed by atoms with Gasteiger partial charge in [0.2, 0.25) is 0 Å². The molecule has 6 heteroatoms. The van der Waals surface area contributed by atoms with E-state index in [2.05, 4.69) is 5.32 Å². The van der Waals surface area contributed by atoms with Crippen LogP contribution in [0.25, 0.3) is 0 Å². The summed E-state index contributed by atoms with van der Waals surface area (Å²) in [6.45, 7) is 3.02. The lowest BCUT2D eigenvalue weighted by Crippen LogP contribution is -2.47. The molecule has 1 aromatic carbocycles. The smallest absolute Gasteiger partial charge is 0.335 e. The molecular formula is C14H19N3O3. The zero-order chi connectivity index (χ0) is 14.7. The zero-order valence-electron chi connectivity index (χ0n) is 11.4. The monoisotopic (exact) mass is 277 g/mol. The van der Waals surface area contributed by atoms with Gasteiger partial charge < -0.3 is 21.1 Å². The number of hydrogen-bond donors (Lipinski definition) is 3.